The number of amides is 4. The molecule has 212 valence electrons. The van der Waals surface area contributed by atoms with E-state index in [1.807, 2.05) is 0 Å². The van der Waals surface area contributed by atoms with E-state index < -0.39 is 16.1 Å². The molecule has 40 heavy (non-hydrogen) atoms. The molecular formula is C24H28N8O6S2. The van der Waals surface area contributed by atoms with Gasteiger partial charge in [-0.2, -0.15) is 0 Å². The number of hydrogen-bond acceptors (Lipinski definition) is 10. The van der Waals surface area contributed by atoms with Crippen molar-refractivity contribution in [1.82, 2.24) is 24.8 Å². The molecule has 4 amide bonds. The summed E-state index contributed by atoms with van der Waals surface area (Å²) in [5.41, 5.74) is 1.49. The molecule has 1 aliphatic rings. The molecule has 1 aromatic carbocycles. The first kappa shape index (κ1) is 28.7. The van der Waals surface area contributed by atoms with E-state index in [9.17, 15) is 22.8 Å². The van der Waals surface area contributed by atoms with Crippen LogP contribution in [0.2, 0.25) is 0 Å². The number of urea groups is 1. The number of carbonyl (C=O) groups excluding carboxylic acids is 3. The van der Waals surface area contributed by atoms with Crippen LogP contribution in [-0.4, -0.2) is 84.0 Å². The van der Waals surface area contributed by atoms with Crippen molar-refractivity contribution < 1.29 is 27.5 Å². The van der Waals surface area contributed by atoms with Gasteiger partial charge < -0.3 is 19.9 Å². The third-order valence-electron chi connectivity index (χ3n) is 5.67. The van der Waals surface area contributed by atoms with Gasteiger partial charge in [0.15, 0.2) is 5.13 Å². The second kappa shape index (κ2) is 12.7. The summed E-state index contributed by atoms with van der Waals surface area (Å²) >= 11 is 1.19. The molecule has 1 aliphatic heterocycles. The van der Waals surface area contributed by atoms with Crippen molar-refractivity contribution in [3.63, 3.8) is 0 Å². The van der Waals surface area contributed by atoms with Gasteiger partial charge in [-0.3, -0.25) is 10.1 Å². The highest BCUT2D eigenvalue weighted by Gasteiger charge is 2.25. The molecule has 1 fully saturated rings. The van der Waals surface area contributed by atoms with Gasteiger partial charge >= 0.3 is 12.1 Å². The van der Waals surface area contributed by atoms with Crippen LogP contribution < -0.4 is 15.4 Å². The van der Waals surface area contributed by atoms with E-state index in [0.717, 1.165) is 0 Å². The molecule has 0 radical (unpaired) electrons. The lowest BCUT2D eigenvalue weighted by atomic mass is 10.3. The Morgan fingerprint density at radius 1 is 1.00 bits per heavy atom. The van der Waals surface area contributed by atoms with Crippen molar-refractivity contribution in [3.05, 3.63) is 53.3 Å². The molecule has 0 bridgehead atoms. The number of anilines is 3. The van der Waals surface area contributed by atoms with Gasteiger partial charge in [-0.15, -0.1) is 11.3 Å². The molecular weight excluding hydrogens is 560 g/mol. The third kappa shape index (κ3) is 7.63. The first-order valence-corrected chi connectivity index (χ1v) is 14.6. The Balaban J connectivity index is 1.25. The number of thiazole rings is 1. The van der Waals surface area contributed by atoms with Gasteiger partial charge in [0.05, 0.1) is 23.6 Å². The Kier molecular flexibility index (Phi) is 9.11. The molecule has 3 N–H and O–H groups in total. The van der Waals surface area contributed by atoms with Gasteiger partial charge in [-0.25, -0.2) is 37.7 Å². The van der Waals surface area contributed by atoms with Crippen molar-refractivity contribution in [3.8, 4) is 0 Å². The standard InChI is InChI=1S/C24H28N8O6S2/c1-3-38-24(35)32-12-10-31(11-13-32)23(34)29-22-28-18(15-39-22)14-20(33)27-17-4-6-19(7-5-17)40(36,37)30-21-25-9-8-16(2)26-21/h4-9,15H,3,10-14H2,1-2H3,(H,27,33)(H,25,26,30)(H,28,29,34). The predicted molar refractivity (Wildman–Crippen MR) is 148 cm³/mol. The Labute approximate surface area is 234 Å². The van der Waals surface area contributed by atoms with Gasteiger partial charge in [0.25, 0.3) is 10.0 Å². The van der Waals surface area contributed by atoms with E-state index in [1.165, 1.54) is 41.8 Å². The number of benzene rings is 1. The van der Waals surface area contributed by atoms with E-state index in [0.29, 0.717) is 55.0 Å². The Hall–Kier alpha value is -4.31. The summed E-state index contributed by atoms with van der Waals surface area (Å²) in [6.45, 7) is 5.23. The van der Waals surface area contributed by atoms with Gasteiger partial charge in [0.1, 0.15) is 0 Å². The maximum atomic E-state index is 12.6. The number of aromatic nitrogens is 3. The SMILES string of the molecule is CCOC(=O)N1CCN(C(=O)Nc2nc(CC(=O)Nc3ccc(S(=O)(=O)Nc4nccc(C)n4)cc3)cs2)CC1. The molecule has 0 spiro atoms. The van der Waals surface area contributed by atoms with E-state index >= 15 is 0 Å². The van der Waals surface area contributed by atoms with Crippen LogP contribution in [0.3, 0.4) is 0 Å². The van der Waals surface area contributed by atoms with Crippen LogP contribution in [0.15, 0.2) is 46.8 Å². The largest absolute Gasteiger partial charge is 0.450 e. The number of nitrogens with one attached hydrogen (secondary N) is 3. The minimum atomic E-state index is -3.91. The van der Waals surface area contributed by atoms with Crippen LogP contribution in [0, 0.1) is 6.92 Å². The van der Waals surface area contributed by atoms with Gasteiger partial charge in [0.2, 0.25) is 11.9 Å². The fourth-order valence-electron chi connectivity index (χ4n) is 3.69. The fraction of sp³-hybridized carbons (Fsp3) is 0.333. The van der Waals surface area contributed by atoms with E-state index in [4.69, 9.17) is 4.74 Å². The topological polar surface area (TPSA) is 176 Å². The quantitative estimate of drug-likeness (QED) is 0.357. The zero-order chi connectivity index (χ0) is 28.7. The number of nitrogens with zero attached hydrogens (tertiary/aromatic N) is 5. The molecule has 0 aliphatic carbocycles. The lowest BCUT2D eigenvalue weighted by Crippen LogP contribution is -2.51. The lowest BCUT2D eigenvalue weighted by molar-refractivity contribution is -0.115. The van der Waals surface area contributed by atoms with Crippen LogP contribution in [0.5, 0.6) is 0 Å². The highest BCUT2D eigenvalue weighted by molar-refractivity contribution is 7.92. The molecule has 0 saturated carbocycles. The van der Waals surface area contributed by atoms with E-state index in [-0.39, 0.29) is 29.2 Å². The molecule has 2 aromatic heterocycles. The number of piperazine rings is 1. The van der Waals surface area contributed by atoms with Crippen molar-refractivity contribution in [2.24, 2.45) is 0 Å². The first-order chi connectivity index (χ1) is 19.1. The van der Waals surface area contributed by atoms with Crippen LogP contribution in [0.4, 0.5) is 26.4 Å². The van der Waals surface area contributed by atoms with E-state index in [2.05, 4.69) is 30.3 Å². The average Bonchev–Trinajstić information content (AvgIpc) is 3.35. The van der Waals surface area contributed by atoms with Crippen molar-refractivity contribution in [2.75, 3.05) is 48.1 Å². The smallest absolute Gasteiger partial charge is 0.409 e. The maximum absolute atomic E-state index is 12.6. The highest BCUT2D eigenvalue weighted by Crippen LogP contribution is 2.19. The molecule has 3 aromatic rings. The highest BCUT2D eigenvalue weighted by atomic mass is 32.2. The van der Waals surface area contributed by atoms with Crippen LogP contribution in [-0.2, 0) is 26.0 Å². The van der Waals surface area contributed by atoms with Gasteiger partial charge in [0, 0.05) is 49.1 Å². The summed E-state index contributed by atoms with van der Waals surface area (Å²) in [6, 6.07) is 6.97. The zero-order valence-corrected chi connectivity index (χ0v) is 23.4. The van der Waals surface area contributed by atoms with Crippen LogP contribution >= 0.6 is 11.3 Å². The summed E-state index contributed by atoms with van der Waals surface area (Å²) in [5, 5.41) is 7.44. The van der Waals surface area contributed by atoms with Gasteiger partial charge in [-0.1, -0.05) is 0 Å². The molecule has 4 rings (SSSR count). The van der Waals surface area contributed by atoms with Crippen LogP contribution in [0.25, 0.3) is 0 Å². The fourth-order valence-corrected chi connectivity index (χ4v) is 5.34. The Bertz CT molecular complexity index is 1470. The molecule has 1 saturated heterocycles. The number of aryl methyl sites for hydroxylation is 1. The van der Waals surface area contributed by atoms with Crippen LogP contribution in [0.1, 0.15) is 18.3 Å². The second-order valence-corrected chi connectivity index (χ2v) is 11.2. The number of hydrogen-bond donors (Lipinski definition) is 3. The van der Waals surface area contributed by atoms with Crippen molar-refractivity contribution in [1.29, 1.82) is 0 Å². The first-order valence-electron chi connectivity index (χ1n) is 12.3. The normalized spacial score (nSPS) is 13.4. The molecule has 3 heterocycles. The number of rotatable bonds is 8. The summed E-state index contributed by atoms with van der Waals surface area (Å²) in [4.78, 5) is 52.2. The lowest BCUT2D eigenvalue weighted by Gasteiger charge is -2.33. The number of carbonyl (C=O) groups is 3. The third-order valence-corrected chi connectivity index (χ3v) is 7.82. The summed E-state index contributed by atoms with van der Waals surface area (Å²) in [7, 11) is -3.91. The summed E-state index contributed by atoms with van der Waals surface area (Å²) in [5.74, 6) is -0.395. The Morgan fingerprint density at radius 2 is 1.70 bits per heavy atom. The molecule has 0 unspecified atom stereocenters. The minimum absolute atomic E-state index is 0.0159. The average molecular weight is 589 g/mol. The van der Waals surface area contributed by atoms with Crippen molar-refractivity contribution in [2.45, 2.75) is 25.2 Å². The Morgan fingerprint density at radius 3 is 2.38 bits per heavy atom. The predicted octanol–water partition coefficient (Wildman–Crippen LogP) is 2.53. The molecule has 16 heteroatoms. The summed E-state index contributed by atoms with van der Waals surface area (Å²) in [6.07, 6.45) is 1.02. The van der Waals surface area contributed by atoms with E-state index in [1.54, 1.807) is 35.1 Å². The van der Waals surface area contributed by atoms with Crippen molar-refractivity contribution >= 4 is 56.2 Å². The number of ether oxygens (including phenoxy) is 1. The van der Waals surface area contributed by atoms with Gasteiger partial charge in [-0.05, 0) is 44.2 Å². The molecule has 14 nitrogen and oxygen atoms in total. The zero-order valence-electron chi connectivity index (χ0n) is 21.8. The summed E-state index contributed by atoms with van der Waals surface area (Å²) < 4.78 is 32.5. The monoisotopic (exact) mass is 588 g/mol. The second-order valence-electron chi connectivity index (χ2n) is 8.62. The molecule has 0 atom stereocenters. The maximum Gasteiger partial charge on any atom is 0.409 e. The number of sulfonamides is 1. The minimum Gasteiger partial charge on any atom is -0.450 e.